The van der Waals surface area contributed by atoms with Crippen molar-refractivity contribution >= 4 is 89.7 Å². The minimum absolute atomic E-state index is 0.176. The zero-order valence-corrected chi connectivity index (χ0v) is 23.6. The van der Waals surface area contributed by atoms with Gasteiger partial charge in [-0.3, -0.25) is 4.79 Å². The van der Waals surface area contributed by atoms with Gasteiger partial charge in [0.1, 0.15) is 12.4 Å². The van der Waals surface area contributed by atoms with Crippen molar-refractivity contribution in [2.75, 3.05) is 0 Å². The fraction of sp³-hybridized carbons (Fsp3) is 0.120. The molecule has 1 aliphatic heterocycles. The van der Waals surface area contributed by atoms with Gasteiger partial charge in [0.2, 0.25) is 0 Å². The fourth-order valence-electron chi connectivity index (χ4n) is 3.25. The molecule has 1 aliphatic rings. The summed E-state index contributed by atoms with van der Waals surface area (Å²) in [6.45, 7) is 4.38. The molecule has 9 heteroatoms. The molecule has 4 rings (SSSR count). The quantitative estimate of drug-likeness (QED) is 0.284. The third-order valence-electron chi connectivity index (χ3n) is 4.93. The van der Waals surface area contributed by atoms with Crippen LogP contribution in [0.1, 0.15) is 22.3 Å². The van der Waals surface area contributed by atoms with Gasteiger partial charge < -0.3 is 10.1 Å². The third-order valence-corrected chi connectivity index (χ3v) is 8.45. The number of nitrogens with one attached hydrogen (secondary N) is 1. The minimum Gasteiger partial charge on any atom is -0.488 e. The van der Waals surface area contributed by atoms with Gasteiger partial charge in [-0.25, -0.2) is 4.99 Å². The minimum atomic E-state index is -0.176. The average molecular weight is 641 g/mol. The van der Waals surface area contributed by atoms with Crippen LogP contribution in [0.15, 0.2) is 67.4 Å². The van der Waals surface area contributed by atoms with Crippen LogP contribution < -0.4 is 10.1 Å². The van der Waals surface area contributed by atoms with E-state index in [2.05, 4.69) is 42.2 Å². The summed E-state index contributed by atoms with van der Waals surface area (Å²) in [6, 6.07) is 15.0. The van der Waals surface area contributed by atoms with E-state index < -0.39 is 0 Å². The van der Waals surface area contributed by atoms with Crippen LogP contribution in [-0.2, 0) is 11.4 Å². The smallest absolute Gasteiger partial charge is 0.264 e. The number of amidine groups is 1. The lowest BCUT2D eigenvalue weighted by molar-refractivity contribution is -0.115. The Morgan fingerprint density at radius 3 is 2.44 bits per heavy atom. The molecule has 4 nitrogen and oxygen atoms in total. The zero-order chi connectivity index (χ0) is 24.4. The van der Waals surface area contributed by atoms with Crippen molar-refractivity contribution in [2.24, 2.45) is 4.99 Å². The topological polar surface area (TPSA) is 50.7 Å². The molecule has 0 radical (unpaired) electrons. The molecular weight excluding hydrogens is 623 g/mol. The van der Waals surface area contributed by atoms with Gasteiger partial charge in [0.25, 0.3) is 5.91 Å². The second kappa shape index (κ2) is 10.9. The molecule has 0 bridgehead atoms. The van der Waals surface area contributed by atoms with E-state index in [4.69, 9.17) is 27.9 Å². The normalized spacial score (nSPS) is 15.8. The molecule has 0 spiro atoms. The predicted octanol–water partition coefficient (Wildman–Crippen LogP) is 8.61. The maximum absolute atomic E-state index is 12.5. The monoisotopic (exact) mass is 638 g/mol. The highest BCUT2D eigenvalue weighted by atomic mass is 79.9. The molecule has 3 aromatic rings. The van der Waals surface area contributed by atoms with Crippen molar-refractivity contribution in [3.05, 3.63) is 94.7 Å². The molecule has 0 atom stereocenters. The van der Waals surface area contributed by atoms with E-state index in [1.165, 1.54) is 11.8 Å². The lowest BCUT2D eigenvalue weighted by Crippen LogP contribution is -2.19. The molecule has 1 fully saturated rings. The largest absolute Gasteiger partial charge is 0.488 e. The summed E-state index contributed by atoms with van der Waals surface area (Å²) >= 11 is 20.5. The summed E-state index contributed by atoms with van der Waals surface area (Å²) in [5, 5.41) is 4.39. The van der Waals surface area contributed by atoms with Crippen molar-refractivity contribution in [3.8, 4) is 5.75 Å². The van der Waals surface area contributed by atoms with E-state index in [1.807, 2.05) is 56.3 Å². The second-order valence-corrected chi connectivity index (χ2v) is 11.1. The Labute approximate surface area is 229 Å². The molecule has 3 aromatic carbocycles. The number of aliphatic imine (C=N–C) groups is 1. The van der Waals surface area contributed by atoms with Crippen LogP contribution in [0.4, 0.5) is 5.69 Å². The van der Waals surface area contributed by atoms with Crippen molar-refractivity contribution in [2.45, 2.75) is 20.5 Å². The Hall–Kier alpha value is -1.77. The number of halogens is 4. The lowest BCUT2D eigenvalue weighted by atomic mass is 10.1. The number of nitrogens with zero attached hydrogens (tertiary/aromatic N) is 1. The highest BCUT2D eigenvalue weighted by molar-refractivity contribution is 9.10. The van der Waals surface area contributed by atoms with E-state index in [0.717, 1.165) is 36.9 Å². The fourth-order valence-corrected chi connectivity index (χ4v) is 5.15. The molecule has 1 heterocycles. The third kappa shape index (κ3) is 6.07. The molecule has 0 unspecified atom stereocenters. The number of hydrogen-bond donors (Lipinski definition) is 1. The van der Waals surface area contributed by atoms with Crippen LogP contribution >= 0.6 is 66.8 Å². The number of carbonyl (C=O) groups excluding carboxylic acids is 1. The molecule has 1 amide bonds. The number of hydrogen-bond acceptors (Lipinski definition) is 4. The van der Waals surface area contributed by atoms with Crippen molar-refractivity contribution in [3.63, 3.8) is 0 Å². The maximum atomic E-state index is 12.5. The highest BCUT2D eigenvalue weighted by Gasteiger charge is 2.24. The summed E-state index contributed by atoms with van der Waals surface area (Å²) < 4.78 is 7.74. The van der Waals surface area contributed by atoms with Gasteiger partial charge in [0, 0.05) is 4.47 Å². The standard InChI is InChI=1S/C25H18Br2Cl2N2O2S/c1-13-7-17(8-14(2)23(13)27)30-25-31-24(32)22(34-25)11-15-4-6-21(18(26)9-15)33-12-16-3-5-19(28)20(29)10-16/h3-11H,12H2,1-2H3,(H,30,31,32)/b22-11-. The maximum Gasteiger partial charge on any atom is 0.264 e. The Kier molecular flexibility index (Phi) is 8.10. The number of thioether (sulfide) groups is 1. The Morgan fingerprint density at radius 1 is 1.03 bits per heavy atom. The van der Waals surface area contributed by atoms with Crippen LogP contribution in [-0.4, -0.2) is 11.1 Å². The highest BCUT2D eigenvalue weighted by Crippen LogP contribution is 2.33. The molecule has 0 aliphatic carbocycles. The van der Waals surface area contributed by atoms with Gasteiger partial charge in [-0.2, -0.15) is 0 Å². The van der Waals surface area contributed by atoms with E-state index in [9.17, 15) is 4.79 Å². The van der Waals surface area contributed by atoms with Crippen LogP contribution in [0, 0.1) is 13.8 Å². The summed E-state index contributed by atoms with van der Waals surface area (Å²) in [6.07, 6.45) is 1.83. The summed E-state index contributed by atoms with van der Waals surface area (Å²) in [4.78, 5) is 17.7. The SMILES string of the molecule is Cc1cc(N=C2NC(=O)/C(=C/c3ccc(OCc4ccc(Cl)c(Cl)c4)c(Br)c3)S2)cc(C)c1Br. The molecule has 0 saturated carbocycles. The van der Waals surface area contributed by atoms with Crippen LogP contribution in [0.3, 0.4) is 0 Å². The first-order valence-electron chi connectivity index (χ1n) is 10.1. The average Bonchev–Trinajstić information content (AvgIpc) is 3.12. The first kappa shape index (κ1) is 25.3. The van der Waals surface area contributed by atoms with E-state index in [1.54, 1.807) is 12.1 Å². The summed E-state index contributed by atoms with van der Waals surface area (Å²) in [5.41, 5.74) is 4.76. The first-order chi connectivity index (χ1) is 16.2. The van der Waals surface area contributed by atoms with E-state index >= 15 is 0 Å². The van der Waals surface area contributed by atoms with Crippen LogP contribution in [0.2, 0.25) is 10.0 Å². The Morgan fingerprint density at radius 2 is 1.76 bits per heavy atom. The molecule has 1 saturated heterocycles. The number of ether oxygens (including phenoxy) is 1. The van der Waals surface area contributed by atoms with Crippen LogP contribution in [0.25, 0.3) is 6.08 Å². The van der Waals surface area contributed by atoms with Gasteiger partial charge in [-0.15, -0.1) is 0 Å². The molecule has 174 valence electrons. The van der Waals surface area contributed by atoms with Gasteiger partial charge in [0.15, 0.2) is 5.17 Å². The van der Waals surface area contributed by atoms with Gasteiger partial charge in [-0.1, -0.05) is 51.3 Å². The van der Waals surface area contributed by atoms with Crippen molar-refractivity contribution in [1.82, 2.24) is 5.32 Å². The number of amides is 1. The van der Waals surface area contributed by atoms with Gasteiger partial charge in [0.05, 0.1) is 25.1 Å². The number of carbonyl (C=O) groups is 1. The van der Waals surface area contributed by atoms with E-state index in [-0.39, 0.29) is 5.91 Å². The molecular formula is C25H18Br2Cl2N2O2S. The van der Waals surface area contributed by atoms with Crippen LogP contribution in [0.5, 0.6) is 5.75 Å². The summed E-state index contributed by atoms with van der Waals surface area (Å²) in [7, 11) is 0. The second-order valence-electron chi connectivity index (χ2n) is 7.60. The molecule has 0 aromatic heterocycles. The first-order valence-corrected chi connectivity index (χ1v) is 13.3. The number of rotatable bonds is 5. The Balaban J connectivity index is 1.46. The number of benzene rings is 3. The van der Waals surface area contributed by atoms with Crippen molar-refractivity contribution in [1.29, 1.82) is 0 Å². The zero-order valence-electron chi connectivity index (χ0n) is 18.1. The molecule has 1 N–H and O–H groups in total. The number of aryl methyl sites for hydroxylation is 2. The lowest BCUT2D eigenvalue weighted by Gasteiger charge is -2.10. The van der Waals surface area contributed by atoms with Gasteiger partial charge in [-0.05, 0) is 106 Å². The van der Waals surface area contributed by atoms with Crippen molar-refractivity contribution < 1.29 is 9.53 Å². The Bertz CT molecular complexity index is 1340. The summed E-state index contributed by atoms with van der Waals surface area (Å²) in [5.74, 6) is 0.505. The predicted molar refractivity (Wildman–Crippen MR) is 149 cm³/mol. The van der Waals surface area contributed by atoms with Gasteiger partial charge >= 0.3 is 0 Å². The van der Waals surface area contributed by atoms with E-state index in [0.29, 0.717) is 32.5 Å². The molecule has 34 heavy (non-hydrogen) atoms.